The maximum atomic E-state index is 12.1. The lowest BCUT2D eigenvalue weighted by Gasteiger charge is -2.04. The van der Waals surface area contributed by atoms with Crippen molar-refractivity contribution in [2.45, 2.75) is 20.5 Å². The Balaban J connectivity index is 1.46. The monoisotopic (exact) mass is 390 g/mol. The van der Waals surface area contributed by atoms with E-state index in [1.165, 1.54) is 0 Å². The lowest BCUT2D eigenvalue weighted by molar-refractivity contribution is -0.129. The second-order valence-electron chi connectivity index (χ2n) is 6.42. The molecule has 28 heavy (non-hydrogen) atoms. The van der Waals surface area contributed by atoms with Gasteiger partial charge in [0.05, 0.1) is 10.7 Å². The maximum Gasteiger partial charge on any atom is 0.363 e. The molecule has 6 heteroatoms. The van der Waals surface area contributed by atoms with Gasteiger partial charge in [0.15, 0.2) is 5.70 Å². The second-order valence-corrected chi connectivity index (χ2v) is 7.48. The number of carbonyl (C=O) groups is 1. The Morgan fingerprint density at radius 2 is 1.96 bits per heavy atom. The molecule has 0 bridgehead atoms. The molecule has 1 aliphatic heterocycles. The first-order valence-corrected chi connectivity index (χ1v) is 9.68. The summed E-state index contributed by atoms with van der Waals surface area (Å²) in [6.45, 7) is 4.38. The highest BCUT2D eigenvalue weighted by Crippen LogP contribution is 2.21. The molecule has 0 saturated heterocycles. The summed E-state index contributed by atoms with van der Waals surface area (Å²) >= 11 is 1.60. The fourth-order valence-electron chi connectivity index (χ4n) is 2.76. The number of cyclic esters (lactones) is 1. The second kappa shape index (κ2) is 7.78. The zero-order chi connectivity index (χ0) is 19.5. The average Bonchev–Trinajstić information content (AvgIpc) is 3.27. The number of esters is 1. The van der Waals surface area contributed by atoms with Gasteiger partial charge in [-0.05, 0) is 49.8 Å². The van der Waals surface area contributed by atoms with Crippen LogP contribution in [0.5, 0.6) is 5.75 Å². The van der Waals surface area contributed by atoms with Crippen LogP contribution in [0.4, 0.5) is 0 Å². The Kier molecular flexibility index (Phi) is 5.04. The van der Waals surface area contributed by atoms with Crippen LogP contribution in [0, 0.1) is 13.8 Å². The van der Waals surface area contributed by atoms with Crippen LogP contribution in [0.1, 0.15) is 27.4 Å². The smallest absolute Gasteiger partial charge is 0.363 e. The van der Waals surface area contributed by atoms with E-state index in [2.05, 4.69) is 9.98 Å². The molecule has 0 unspecified atom stereocenters. The number of benzene rings is 2. The molecule has 2 aromatic carbocycles. The van der Waals surface area contributed by atoms with Gasteiger partial charge in [0.25, 0.3) is 0 Å². The van der Waals surface area contributed by atoms with E-state index in [0.29, 0.717) is 12.5 Å². The summed E-state index contributed by atoms with van der Waals surface area (Å²) in [7, 11) is 0. The van der Waals surface area contributed by atoms with Gasteiger partial charge >= 0.3 is 5.97 Å². The van der Waals surface area contributed by atoms with Crippen LogP contribution in [0.2, 0.25) is 0 Å². The van der Waals surface area contributed by atoms with Crippen molar-refractivity contribution >= 4 is 29.3 Å². The van der Waals surface area contributed by atoms with Gasteiger partial charge in [-0.1, -0.05) is 29.8 Å². The van der Waals surface area contributed by atoms with E-state index >= 15 is 0 Å². The first-order chi connectivity index (χ1) is 13.6. The number of aromatic nitrogens is 1. The van der Waals surface area contributed by atoms with Crippen molar-refractivity contribution < 1.29 is 14.3 Å². The van der Waals surface area contributed by atoms with Gasteiger partial charge in [-0.15, -0.1) is 11.3 Å². The van der Waals surface area contributed by atoms with Gasteiger partial charge in [-0.2, -0.15) is 0 Å². The van der Waals surface area contributed by atoms with Gasteiger partial charge < -0.3 is 9.47 Å². The molecule has 0 spiro atoms. The number of nitrogens with zero attached hydrogens (tertiary/aromatic N) is 2. The van der Waals surface area contributed by atoms with Crippen molar-refractivity contribution in [2.75, 3.05) is 0 Å². The van der Waals surface area contributed by atoms with Gasteiger partial charge in [-0.25, -0.2) is 14.8 Å². The molecule has 2 heterocycles. The van der Waals surface area contributed by atoms with E-state index < -0.39 is 5.97 Å². The Labute approximate surface area is 167 Å². The van der Waals surface area contributed by atoms with Crippen molar-refractivity contribution in [1.29, 1.82) is 0 Å². The number of rotatable bonds is 5. The average molecular weight is 390 g/mol. The van der Waals surface area contributed by atoms with Crippen LogP contribution in [-0.4, -0.2) is 16.9 Å². The van der Waals surface area contributed by atoms with E-state index in [4.69, 9.17) is 9.47 Å². The lowest BCUT2D eigenvalue weighted by atomic mass is 10.1. The van der Waals surface area contributed by atoms with E-state index in [1.54, 1.807) is 17.4 Å². The molecule has 140 valence electrons. The lowest BCUT2D eigenvalue weighted by Crippen LogP contribution is -2.05. The van der Waals surface area contributed by atoms with Crippen molar-refractivity contribution in [3.63, 3.8) is 0 Å². The van der Waals surface area contributed by atoms with Crippen molar-refractivity contribution in [2.24, 2.45) is 4.99 Å². The summed E-state index contributed by atoms with van der Waals surface area (Å²) in [5, 5.41) is 3.01. The predicted octanol–water partition coefficient (Wildman–Crippen LogP) is 4.68. The first-order valence-electron chi connectivity index (χ1n) is 8.80. The summed E-state index contributed by atoms with van der Waals surface area (Å²) in [4.78, 5) is 20.9. The number of hydrogen-bond acceptors (Lipinski definition) is 6. The molecule has 0 saturated carbocycles. The van der Waals surface area contributed by atoms with Gasteiger partial charge in [0, 0.05) is 10.9 Å². The van der Waals surface area contributed by atoms with Crippen LogP contribution >= 0.6 is 11.3 Å². The fraction of sp³-hybridized carbons (Fsp3) is 0.136. The third-order valence-corrected chi connectivity index (χ3v) is 4.94. The highest BCUT2D eigenvalue weighted by Gasteiger charge is 2.24. The number of aliphatic imine (C=N–C) groups is 1. The SMILES string of the molecule is Cc1cccc(C2=N/C(=C\c3ccc(OCc4csc(C)n4)cc3)C(=O)O2)c1. The molecule has 1 aliphatic rings. The third-order valence-electron chi connectivity index (χ3n) is 4.12. The Bertz CT molecular complexity index is 1080. The summed E-state index contributed by atoms with van der Waals surface area (Å²) in [5.74, 6) is 0.625. The minimum Gasteiger partial charge on any atom is -0.487 e. The highest BCUT2D eigenvalue weighted by molar-refractivity contribution is 7.09. The predicted molar refractivity (Wildman–Crippen MR) is 109 cm³/mol. The molecule has 0 N–H and O–H groups in total. The summed E-state index contributed by atoms with van der Waals surface area (Å²) in [6, 6.07) is 15.2. The zero-order valence-corrected chi connectivity index (χ0v) is 16.3. The molecule has 0 radical (unpaired) electrons. The molecule has 0 fully saturated rings. The van der Waals surface area contributed by atoms with Crippen LogP contribution in [0.15, 0.2) is 64.6 Å². The topological polar surface area (TPSA) is 60.8 Å². The van der Waals surface area contributed by atoms with Crippen molar-refractivity contribution in [3.05, 3.63) is 87.0 Å². The van der Waals surface area contributed by atoms with Gasteiger partial charge in [-0.3, -0.25) is 0 Å². The summed E-state index contributed by atoms with van der Waals surface area (Å²) in [5.41, 5.74) is 3.91. The van der Waals surface area contributed by atoms with E-state index in [9.17, 15) is 4.79 Å². The van der Waals surface area contributed by atoms with E-state index in [1.807, 2.05) is 67.8 Å². The van der Waals surface area contributed by atoms with Crippen molar-refractivity contribution in [3.8, 4) is 5.75 Å². The third kappa shape index (κ3) is 4.18. The summed E-state index contributed by atoms with van der Waals surface area (Å²) < 4.78 is 11.1. The maximum absolute atomic E-state index is 12.1. The molecule has 0 atom stereocenters. The Morgan fingerprint density at radius 1 is 1.14 bits per heavy atom. The zero-order valence-electron chi connectivity index (χ0n) is 15.5. The minimum atomic E-state index is -0.448. The van der Waals surface area contributed by atoms with Gasteiger partial charge in [0.2, 0.25) is 5.90 Å². The number of ether oxygens (including phenoxy) is 2. The minimum absolute atomic E-state index is 0.281. The Morgan fingerprint density at radius 3 is 2.68 bits per heavy atom. The molecule has 3 aromatic rings. The van der Waals surface area contributed by atoms with E-state index in [0.717, 1.165) is 33.1 Å². The molecule has 5 nitrogen and oxygen atoms in total. The molecular weight excluding hydrogens is 372 g/mol. The van der Waals surface area contributed by atoms with Crippen molar-refractivity contribution in [1.82, 2.24) is 4.98 Å². The summed E-state index contributed by atoms with van der Waals surface area (Å²) in [6.07, 6.45) is 1.71. The standard InChI is InChI=1S/C22H18N2O3S/c1-14-4-3-5-17(10-14)21-24-20(22(25)27-21)11-16-6-8-19(9-7-16)26-12-18-13-28-15(2)23-18/h3-11,13H,12H2,1-2H3/b20-11-. The van der Waals surface area contributed by atoms with Gasteiger partial charge in [0.1, 0.15) is 12.4 Å². The van der Waals surface area contributed by atoms with Crippen LogP contribution < -0.4 is 4.74 Å². The Hall–Kier alpha value is -3.25. The fourth-order valence-corrected chi connectivity index (χ4v) is 3.36. The first kappa shape index (κ1) is 18.1. The molecule has 4 rings (SSSR count). The molecule has 0 amide bonds. The quantitative estimate of drug-likeness (QED) is 0.469. The largest absolute Gasteiger partial charge is 0.487 e. The number of thiazole rings is 1. The number of hydrogen-bond donors (Lipinski definition) is 0. The van der Waals surface area contributed by atoms with Crippen LogP contribution in [-0.2, 0) is 16.1 Å². The van der Waals surface area contributed by atoms with Crippen LogP contribution in [0.3, 0.4) is 0 Å². The number of carbonyl (C=O) groups excluding carboxylic acids is 1. The normalized spacial score (nSPS) is 14.9. The van der Waals surface area contributed by atoms with E-state index in [-0.39, 0.29) is 5.70 Å². The molecular formula is C22H18N2O3S. The number of aryl methyl sites for hydroxylation is 2. The molecule has 0 aliphatic carbocycles. The van der Waals surface area contributed by atoms with Crippen LogP contribution in [0.25, 0.3) is 6.08 Å². The molecule has 1 aromatic heterocycles. The highest BCUT2D eigenvalue weighted by atomic mass is 32.1.